The van der Waals surface area contributed by atoms with Gasteiger partial charge in [0.1, 0.15) is 17.2 Å². The number of hydrogen-bond acceptors (Lipinski definition) is 4. The molecule has 7 heteroatoms. The lowest BCUT2D eigenvalue weighted by atomic mass is 10.2. The molecule has 0 aliphatic rings. The molecule has 0 fully saturated rings. The second kappa shape index (κ2) is 9.52. The maximum absolute atomic E-state index is 12.1. The van der Waals surface area contributed by atoms with Gasteiger partial charge in [-0.15, -0.1) is 0 Å². The summed E-state index contributed by atoms with van der Waals surface area (Å²) in [6.45, 7) is 0. The predicted molar refractivity (Wildman–Crippen MR) is 113 cm³/mol. The van der Waals surface area contributed by atoms with E-state index in [-0.39, 0.29) is 17.5 Å². The zero-order valence-corrected chi connectivity index (χ0v) is 16.3. The molecule has 2 amide bonds. The first-order chi connectivity index (χ1) is 14.0. The van der Waals surface area contributed by atoms with Crippen LogP contribution in [0.5, 0.6) is 11.5 Å². The molecule has 29 heavy (non-hydrogen) atoms. The van der Waals surface area contributed by atoms with E-state index in [1.54, 1.807) is 54.6 Å². The number of rotatable bonds is 6. The maximum atomic E-state index is 12.1. The molecule has 0 bridgehead atoms. The van der Waals surface area contributed by atoms with Gasteiger partial charge < -0.3 is 15.4 Å². The van der Waals surface area contributed by atoms with Gasteiger partial charge in [-0.05, 0) is 54.1 Å². The van der Waals surface area contributed by atoms with E-state index < -0.39 is 0 Å². The van der Waals surface area contributed by atoms with Gasteiger partial charge in [0, 0.05) is 36.1 Å². The Hall–Kier alpha value is -3.64. The molecule has 0 spiro atoms. The standard InChI is InChI=1S/C22H18ClN3O3/c1-24-22(28)20-14-19(11-12-25-20)29-18-8-6-17(7-9-18)26-21(27)10-5-15-3-2-4-16(23)13-15/h2-14H,1H3,(H,24,28)(H,26,27)/b10-5+. The van der Waals surface area contributed by atoms with Crippen LogP contribution in [0.25, 0.3) is 6.08 Å². The number of carbonyl (C=O) groups is 2. The van der Waals surface area contributed by atoms with E-state index in [1.165, 1.54) is 19.3 Å². The molecule has 1 aromatic heterocycles. The zero-order chi connectivity index (χ0) is 20.6. The van der Waals surface area contributed by atoms with Gasteiger partial charge >= 0.3 is 0 Å². The first-order valence-corrected chi connectivity index (χ1v) is 9.12. The molecule has 3 aromatic rings. The summed E-state index contributed by atoms with van der Waals surface area (Å²) < 4.78 is 5.73. The number of pyridine rings is 1. The Labute approximate surface area is 173 Å². The van der Waals surface area contributed by atoms with Gasteiger partial charge in [0.2, 0.25) is 5.91 Å². The second-order valence-corrected chi connectivity index (χ2v) is 6.40. The Kier molecular flexibility index (Phi) is 6.60. The van der Waals surface area contributed by atoms with Crippen LogP contribution in [0.3, 0.4) is 0 Å². The smallest absolute Gasteiger partial charge is 0.269 e. The summed E-state index contributed by atoms with van der Waals surface area (Å²) in [4.78, 5) is 27.7. The van der Waals surface area contributed by atoms with Crippen LogP contribution >= 0.6 is 11.6 Å². The van der Waals surface area contributed by atoms with Crippen molar-refractivity contribution < 1.29 is 14.3 Å². The van der Waals surface area contributed by atoms with Gasteiger partial charge in [0.05, 0.1) is 0 Å². The summed E-state index contributed by atoms with van der Waals surface area (Å²) in [5, 5.41) is 5.90. The average Bonchev–Trinajstić information content (AvgIpc) is 2.73. The normalized spacial score (nSPS) is 10.6. The predicted octanol–water partition coefficient (Wildman–Crippen LogP) is 4.54. The Balaban J connectivity index is 1.60. The molecule has 0 saturated carbocycles. The van der Waals surface area contributed by atoms with Crippen LogP contribution in [-0.4, -0.2) is 23.8 Å². The van der Waals surface area contributed by atoms with Crippen LogP contribution in [-0.2, 0) is 4.79 Å². The number of anilines is 1. The Bertz CT molecular complexity index is 1050. The maximum Gasteiger partial charge on any atom is 0.269 e. The number of benzene rings is 2. The van der Waals surface area contributed by atoms with Crippen molar-refractivity contribution in [1.29, 1.82) is 0 Å². The lowest BCUT2D eigenvalue weighted by molar-refractivity contribution is -0.111. The van der Waals surface area contributed by atoms with Gasteiger partial charge in [-0.1, -0.05) is 23.7 Å². The number of carbonyl (C=O) groups excluding carboxylic acids is 2. The number of amides is 2. The second-order valence-electron chi connectivity index (χ2n) is 5.96. The minimum Gasteiger partial charge on any atom is -0.457 e. The summed E-state index contributed by atoms with van der Waals surface area (Å²) >= 11 is 5.92. The number of ether oxygens (including phenoxy) is 1. The van der Waals surface area contributed by atoms with E-state index in [0.29, 0.717) is 22.2 Å². The van der Waals surface area contributed by atoms with E-state index >= 15 is 0 Å². The quantitative estimate of drug-likeness (QED) is 0.588. The van der Waals surface area contributed by atoms with Crippen LogP contribution in [0.1, 0.15) is 16.1 Å². The van der Waals surface area contributed by atoms with Crippen LogP contribution in [0.15, 0.2) is 72.9 Å². The SMILES string of the molecule is CNC(=O)c1cc(Oc2ccc(NC(=O)/C=C/c3cccc(Cl)c3)cc2)ccn1. The summed E-state index contributed by atoms with van der Waals surface area (Å²) in [7, 11) is 1.54. The molecule has 146 valence electrons. The molecule has 0 unspecified atom stereocenters. The largest absolute Gasteiger partial charge is 0.457 e. The first kappa shape index (κ1) is 20.1. The molecule has 0 aliphatic heterocycles. The van der Waals surface area contributed by atoms with E-state index in [2.05, 4.69) is 15.6 Å². The minimum atomic E-state index is -0.292. The third-order valence-electron chi connectivity index (χ3n) is 3.82. The summed E-state index contributed by atoms with van der Waals surface area (Å²) in [6.07, 6.45) is 4.63. The Morgan fingerprint density at radius 3 is 2.55 bits per heavy atom. The molecule has 1 heterocycles. The van der Waals surface area contributed by atoms with E-state index in [1.807, 2.05) is 12.1 Å². The molecule has 6 nitrogen and oxygen atoms in total. The molecule has 2 N–H and O–H groups in total. The summed E-state index contributed by atoms with van der Waals surface area (Å²) in [6, 6.07) is 17.3. The number of nitrogens with one attached hydrogen (secondary N) is 2. The van der Waals surface area contributed by atoms with Crippen LogP contribution < -0.4 is 15.4 Å². The monoisotopic (exact) mass is 407 g/mol. The Morgan fingerprint density at radius 1 is 1.03 bits per heavy atom. The van der Waals surface area contributed by atoms with Crippen molar-refractivity contribution in [3.63, 3.8) is 0 Å². The van der Waals surface area contributed by atoms with Crippen molar-refractivity contribution in [3.8, 4) is 11.5 Å². The number of nitrogens with zero attached hydrogens (tertiary/aromatic N) is 1. The number of aromatic nitrogens is 1. The van der Waals surface area contributed by atoms with Crippen LogP contribution in [0.4, 0.5) is 5.69 Å². The third-order valence-corrected chi connectivity index (χ3v) is 4.06. The molecule has 0 atom stereocenters. The topological polar surface area (TPSA) is 80.3 Å². The highest BCUT2D eigenvalue weighted by molar-refractivity contribution is 6.30. The van der Waals surface area contributed by atoms with Crippen molar-refractivity contribution in [2.45, 2.75) is 0 Å². The van der Waals surface area contributed by atoms with Gasteiger partial charge in [0.25, 0.3) is 5.91 Å². The van der Waals surface area contributed by atoms with Gasteiger partial charge in [-0.3, -0.25) is 14.6 Å². The molecule has 0 aliphatic carbocycles. The minimum absolute atomic E-state index is 0.261. The number of hydrogen-bond donors (Lipinski definition) is 2. The molecule has 0 saturated heterocycles. The fourth-order valence-corrected chi connectivity index (χ4v) is 2.63. The van der Waals surface area contributed by atoms with Crippen LogP contribution in [0.2, 0.25) is 5.02 Å². The first-order valence-electron chi connectivity index (χ1n) is 8.74. The highest BCUT2D eigenvalue weighted by Crippen LogP contribution is 2.23. The van der Waals surface area contributed by atoms with E-state index in [0.717, 1.165) is 5.56 Å². The molecule has 0 radical (unpaired) electrons. The lowest BCUT2D eigenvalue weighted by Crippen LogP contribution is -2.18. The zero-order valence-electron chi connectivity index (χ0n) is 15.6. The Morgan fingerprint density at radius 2 is 1.83 bits per heavy atom. The average molecular weight is 408 g/mol. The van der Waals surface area contributed by atoms with Gasteiger partial charge in [0.15, 0.2) is 0 Å². The highest BCUT2D eigenvalue weighted by Gasteiger charge is 2.07. The van der Waals surface area contributed by atoms with Crippen molar-refractivity contribution in [2.24, 2.45) is 0 Å². The van der Waals surface area contributed by atoms with Crippen molar-refractivity contribution in [3.05, 3.63) is 89.2 Å². The van der Waals surface area contributed by atoms with Crippen molar-refractivity contribution in [1.82, 2.24) is 10.3 Å². The van der Waals surface area contributed by atoms with E-state index in [4.69, 9.17) is 16.3 Å². The van der Waals surface area contributed by atoms with Gasteiger partial charge in [-0.2, -0.15) is 0 Å². The van der Waals surface area contributed by atoms with Crippen molar-refractivity contribution >= 4 is 35.2 Å². The summed E-state index contributed by atoms with van der Waals surface area (Å²) in [5.74, 6) is 0.494. The molecular weight excluding hydrogens is 390 g/mol. The number of halogens is 1. The summed E-state index contributed by atoms with van der Waals surface area (Å²) in [5.41, 5.74) is 1.73. The van der Waals surface area contributed by atoms with E-state index in [9.17, 15) is 9.59 Å². The molecular formula is C22H18ClN3O3. The lowest BCUT2D eigenvalue weighted by Gasteiger charge is -2.08. The molecule has 3 rings (SSSR count). The van der Waals surface area contributed by atoms with Crippen molar-refractivity contribution in [2.75, 3.05) is 12.4 Å². The fraction of sp³-hybridized carbons (Fsp3) is 0.0455. The third kappa shape index (κ3) is 5.92. The molecule has 2 aromatic carbocycles. The fourth-order valence-electron chi connectivity index (χ4n) is 2.44. The van der Waals surface area contributed by atoms with Gasteiger partial charge in [-0.25, -0.2) is 0 Å². The highest BCUT2D eigenvalue weighted by atomic mass is 35.5. The van der Waals surface area contributed by atoms with Crippen LogP contribution in [0, 0.1) is 0 Å².